The van der Waals surface area contributed by atoms with Gasteiger partial charge in [0.1, 0.15) is 0 Å². The van der Waals surface area contributed by atoms with Gasteiger partial charge in [-0.1, -0.05) is 44.2 Å². The fourth-order valence-electron chi connectivity index (χ4n) is 3.49. The maximum Gasteiger partial charge on any atom is 0.245 e. The standard InChI is InChI=1S/C21H19N2O3S/c1-13(2)10-22-12-23(11-16(24)17-8-5-9-27-17)19-18(22)20(25)14-6-3-4-7-15(14)21(19)26/h3-9,12-13H,10-11H2,1-2H3/q+1. The molecule has 0 bridgehead atoms. The SMILES string of the molecule is CC(C)Cn1c[n+](CC(=O)c2cccs2)c2c1C(=O)c1ccccc1C2=O. The smallest absolute Gasteiger partial charge is 0.245 e. The summed E-state index contributed by atoms with van der Waals surface area (Å²) in [5.41, 5.74) is 1.51. The van der Waals surface area contributed by atoms with E-state index in [-0.39, 0.29) is 23.9 Å². The number of benzene rings is 1. The highest BCUT2D eigenvalue weighted by Crippen LogP contribution is 2.26. The highest BCUT2D eigenvalue weighted by Gasteiger charge is 2.41. The summed E-state index contributed by atoms with van der Waals surface area (Å²) in [6.45, 7) is 4.74. The molecule has 2 heterocycles. The summed E-state index contributed by atoms with van der Waals surface area (Å²) in [5, 5.41) is 1.85. The normalized spacial score (nSPS) is 13.0. The lowest BCUT2D eigenvalue weighted by Gasteiger charge is -2.13. The van der Waals surface area contributed by atoms with Crippen molar-refractivity contribution in [2.24, 2.45) is 5.92 Å². The largest absolute Gasteiger partial charge is 0.289 e. The van der Waals surface area contributed by atoms with Crippen molar-refractivity contribution in [1.29, 1.82) is 0 Å². The average molecular weight is 379 g/mol. The summed E-state index contributed by atoms with van der Waals surface area (Å²) in [5.74, 6) is -0.147. The Labute approximate surface area is 160 Å². The van der Waals surface area contributed by atoms with E-state index in [2.05, 4.69) is 13.8 Å². The molecular formula is C21H19N2O3S+. The first-order valence-corrected chi connectivity index (χ1v) is 9.73. The fourth-order valence-corrected chi connectivity index (χ4v) is 4.14. The van der Waals surface area contributed by atoms with E-state index in [1.54, 1.807) is 41.2 Å². The van der Waals surface area contributed by atoms with Crippen molar-refractivity contribution < 1.29 is 19.0 Å². The molecule has 6 heteroatoms. The molecule has 0 radical (unpaired) electrons. The Hall–Kier alpha value is -2.86. The third-order valence-electron chi connectivity index (χ3n) is 4.60. The van der Waals surface area contributed by atoms with Crippen LogP contribution in [0.3, 0.4) is 0 Å². The van der Waals surface area contributed by atoms with E-state index in [0.717, 1.165) is 0 Å². The molecule has 5 nitrogen and oxygen atoms in total. The fraction of sp³-hybridized carbons (Fsp3) is 0.238. The number of carbonyl (C=O) groups excluding carboxylic acids is 3. The lowest BCUT2D eigenvalue weighted by atomic mass is 9.89. The maximum atomic E-state index is 13.1. The Morgan fingerprint density at radius 1 is 1.07 bits per heavy atom. The minimum Gasteiger partial charge on any atom is -0.289 e. The number of ketones is 3. The molecule has 0 spiro atoms. The third kappa shape index (κ3) is 2.96. The molecular weight excluding hydrogens is 360 g/mol. The van der Waals surface area contributed by atoms with Gasteiger partial charge in [-0.05, 0) is 17.4 Å². The van der Waals surface area contributed by atoms with Crippen molar-refractivity contribution in [1.82, 2.24) is 4.57 Å². The molecule has 0 amide bonds. The average Bonchev–Trinajstić information content (AvgIpc) is 3.28. The number of nitrogens with zero attached hydrogens (tertiary/aromatic N) is 2. The monoisotopic (exact) mass is 379 g/mol. The van der Waals surface area contributed by atoms with Crippen LogP contribution in [0.25, 0.3) is 0 Å². The number of rotatable bonds is 5. The van der Waals surface area contributed by atoms with Gasteiger partial charge in [-0.25, -0.2) is 9.13 Å². The van der Waals surface area contributed by atoms with E-state index in [4.69, 9.17) is 0 Å². The molecule has 4 rings (SSSR count). The molecule has 27 heavy (non-hydrogen) atoms. The molecule has 2 aromatic heterocycles. The lowest BCUT2D eigenvalue weighted by molar-refractivity contribution is -0.684. The molecule has 0 atom stereocenters. The Bertz CT molecular complexity index is 1060. The van der Waals surface area contributed by atoms with Crippen LogP contribution in [0.2, 0.25) is 0 Å². The van der Waals surface area contributed by atoms with Gasteiger partial charge in [0.15, 0.2) is 6.54 Å². The second-order valence-corrected chi connectivity index (χ2v) is 8.04. The van der Waals surface area contributed by atoms with Gasteiger partial charge >= 0.3 is 0 Å². The summed E-state index contributed by atoms with van der Waals surface area (Å²) in [6, 6.07) is 10.5. The number of carbonyl (C=O) groups is 3. The lowest BCUT2D eigenvalue weighted by Crippen LogP contribution is -2.43. The van der Waals surface area contributed by atoms with Crippen LogP contribution in [-0.2, 0) is 13.1 Å². The van der Waals surface area contributed by atoms with E-state index in [1.807, 2.05) is 16.0 Å². The molecule has 0 fully saturated rings. The van der Waals surface area contributed by atoms with Crippen LogP contribution in [0.15, 0.2) is 48.1 Å². The van der Waals surface area contributed by atoms with E-state index < -0.39 is 0 Å². The van der Waals surface area contributed by atoms with Gasteiger partial charge in [0.2, 0.25) is 35.1 Å². The zero-order valence-electron chi connectivity index (χ0n) is 15.1. The molecule has 136 valence electrons. The Balaban J connectivity index is 1.84. The molecule has 1 aliphatic carbocycles. The van der Waals surface area contributed by atoms with Crippen molar-refractivity contribution in [3.8, 4) is 0 Å². The van der Waals surface area contributed by atoms with Crippen LogP contribution in [-0.4, -0.2) is 21.9 Å². The summed E-state index contributed by atoms with van der Waals surface area (Å²) in [4.78, 5) is 39.5. The first kappa shape index (κ1) is 17.5. The Morgan fingerprint density at radius 2 is 1.78 bits per heavy atom. The number of thiophene rings is 1. The Morgan fingerprint density at radius 3 is 2.41 bits per heavy atom. The van der Waals surface area contributed by atoms with E-state index in [9.17, 15) is 14.4 Å². The molecule has 3 aromatic rings. The van der Waals surface area contributed by atoms with Crippen molar-refractivity contribution in [2.45, 2.75) is 26.9 Å². The molecule has 0 saturated heterocycles. The van der Waals surface area contributed by atoms with E-state index in [0.29, 0.717) is 39.9 Å². The third-order valence-corrected chi connectivity index (χ3v) is 5.51. The van der Waals surface area contributed by atoms with Crippen molar-refractivity contribution >= 4 is 28.7 Å². The van der Waals surface area contributed by atoms with Gasteiger partial charge in [-0.15, -0.1) is 11.3 Å². The second-order valence-electron chi connectivity index (χ2n) is 7.09. The minimum absolute atomic E-state index is 0.0368. The van der Waals surface area contributed by atoms with Gasteiger partial charge < -0.3 is 0 Å². The minimum atomic E-state index is -0.207. The highest BCUT2D eigenvalue weighted by atomic mass is 32.1. The molecule has 1 aliphatic rings. The number of imidazole rings is 1. The number of aromatic nitrogens is 2. The van der Waals surface area contributed by atoms with Crippen molar-refractivity contribution in [2.75, 3.05) is 0 Å². The second kappa shape index (κ2) is 6.70. The molecule has 0 aliphatic heterocycles. The van der Waals surface area contributed by atoms with Crippen LogP contribution in [0.1, 0.15) is 55.6 Å². The van der Waals surface area contributed by atoms with Gasteiger partial charge in [-0.2, -0.15) is 0 Å². The molecule has 0 saturated carbocycles. The number of hydrogen-bond donors (Lipinski definition) is 0. The van der Waals surface area contributed by atoms with Crippen LogP contribution < -0.4 is 4.57 Å². The molecule has 1 aromatic carbocycles. The first-order valence-electron chi connectivity index (χ1n) is 8.85. The van der Waals surface area contributed by atoms with Crippen molar-refractivity contribution in [3.63, 3.8) is 0 Å². The summed E-state index contributed by atoms with van der Waals surface area (Å²) in [6.07, 6.45) is 1.73. The Kier molecular flexibility index (Phi) is 4.36. The van der Waals surface area contributed by atoms with Crippen LogP contribution in [0.5, 0.6) is 0 Å². The summed E-state index contributed by atoms with van der Waals surface area (Å²) in [7, 11) is 0. The zero-order chi connectivity index (χ0) is 19.1. The molecule has 0 N–H and O–H groups in total. The highest BCUT2D eigenvalue weighted by molar-refractivity contribution is 7.12. The summed E-state index contributed by atoms with van der Waals surface area (Å²) < 4.78 is 3.45. The predicted molar refractivity (Wildman–Crippen MR) is 101 cm³/mol. The summed E-state index contributed by atoms with van der Waals surface area (Å²) >= 11 is 1.37. The van der Waals surface area contributed by atoms with E-state index >= 15 is 0 Å². The zero-order valence-corrected chi connectivity index (χ0v) is 16.0. The molecule has 0 unspecified atom stereocenters. The maximum absolute atomic E-state index is 13.1. The van der Waals surface area contributed by atoms with Gasteiger partial charge in [-0.3, -0.25) is 14.4 Å². The van der Waals surface area contributed by atoms with Gasteiger partial charge in [0.25, 0.3) is 0 Å². The van der Waals surface area contributed by atoms with Gasteiger partial charge in [0, 0.05) is 11.1 Å². The number of hydrogen-bond acceptors (Lipinski definition) is 4. The van der Waals surface area contributed by atoms with E-state index in [1.165, 1.54) is 11.3 Å². The first-order chi connectivity index (χ1) is 13.0. The van der Waals surface area contributed by atoms with Crippen LogP contribution in [0.4, 0.5) is 0 Å². The van der Waals surface area contributed by atoms with Gasteiger partial charge in [0.05, 0.1) is 11.4 Å². The number of fused-ring (bicyclic) bond motifs is 2. The topological polar surface area (TPSA) is 60.0 Å². The van der Waals surface area contributed by atoms with Crippen LogP contribution in [0, 0.1) is 5.92 Å². The number of Topliss-reactive ketones (excluding diaryl/α,β-unsaturated/α-hetero) is 1. The van der Waals surface area contributed by atoms with Crippen LogP contribution >= 0.6 is 11.3 Å². The predicted octanol–water partition coefficient (Wildman–Crippen LogP) is 3.15. The quantitative estimate of drug-likeness (QED) is 0.395. The van der Waals surface area contributed by atoms with Crippen molar-refractivity contribution in [3.05, 3.63) is 75.5 Å².